The molecule has 1 aliphatic heterocycles. The van der Waals surface area contributed by atoms with Crippen molar-refractivity contribution in [2.45, 2.75) is 64.8 Å². The fourth-order valence-corrected chi connectivity index (χ4v) is 3.79. The number of aliphatic hydroxyl groups is 1. The molecule has 110 valence electrons. The first-order valence-electron chi connectivity index (χ1n) is 7.89. The molecule has 2 fully saturated rings. The Kier molecular flexibility index (Phi) is 5.02. The number of Topliss-reactive ketones (excluding diaryl/α,β-unsaturated/α-hetero) is 1. The summed E-state index contributed by atoms with van der Waals surface area (Å²) in [5, 5.41) is 8.97. The van der Waals surface area contributed by atoms with Gasteiger partial charge in [0.1, 0.15) is 5.78 Å². The minimum Gasteiger partial charge on any atom is -0.396 e. The molecule has 3 heteroatoms. The summed E-state index contributed by atoms with van der Waals surface area (Å²) in [7, 11) is 0. The maximum Gasteiger partial charge on any atom is 0.137 e. The Morgan fingerprint density at radius 3 is 2.95 bits per heavy atom. The fourth-order valence-electron chi connectivity index (χ4n) is 3.79. The molecule has 1 saturated carbocycles. The van der Waals surface area contributed by atoms with E-state index < -0.39 is 0 Å². The number of nitrogens with zero attached hydrogens (tertiary/aromatic N) is 1. The molecule has 0 aromatic heterocycles. The van der Waals surface area contributed by atoms with Crippen LogP contribution in [0.3, 0.4) is 0 Å². The lowest BCUT2D eigenvalue weighted by atomic mass is 9.71. The van der Waals surface area contributed by atoms with Gasteiger partial charge in [0.05, 0.1) is 0 Å². The van der Waals surface area contributed by atoms with E-state index in [-0.39, 0.29) is 5.92 Å². The highest BCUT2D eigenvalue weighted by molar-refractivity contribution is 5.82. The van der Waals surface area contributed by atoms with Crippen molar-refractivity contribution in [2.75, 3.05) is 19.7 Å². The monoisotopic (exact) mass is 267 g/mol. The third kappa shape index (κ3) is 4.03. The third-order valence-corrected chi connectivity index (χ3v) is 4.95. The number of hydrogen-bond acceptors (Lipinski definition) is 3. The number of carbonyl (C=O) groups excluding carboxylic acids is 1. The largest absolute Gasteiger partial charge is 0.396 e. The Labute approximate surface area is 117 Å². The van der Waals surface area contributed by atoms with Crippen LogP contribution in [0.5, 0.6) is 0 Å². The van der Waals surface area contributed by atoms with Gasteiger partial charge in [0.25, 0.3) is 0 Å². The van der Waals surface area contributed by atoms with Gasteiger partial charge in [-0.05, 0) is 50.5 Å². The summed E-state index contributed by atoms with van der Waals surface area (Å²) in [4.78, 5) is 14.6. The summed E-state index contributed by atoms with van der Waals surface area (Å²) in [5.41, 5.74) is 0.332. The lowest BCUT2D eigenvalue weighted by Crippen LogP contribution is -2.41. The van der Waals surface area contributed by atoms with Crippen molar-refractivity contribution in [2.24, 2.45) is 11.3 Å². The zero-order valence-electron chi connectivity index (χ0n) is 12.5. The molecule has 1 aliphatic carbocycles. The zero-order chi connectivity index (χ0) is 13.9. The van der Waals surface area contributed by atoms with Crippen molar-refractivity contribution in [1.29, 1.82) is 0 Å². The van der Waals surface area contributed by atoms with Gasteiger partial charge in [0.15, 0.2) is 0 Å². The van der Waals surface area contributed by atoms with Gasteiger partial charge in [-0.1, -0.05) is 13.8 Å². The second-order valence-electron chi connectivity index (χ2n) is 7.19. The van der Waals surface area contributed by atoms with Gasteiger partial charge < -0.3 is 5.11 Å². The summed E-state index contributed by atoms with van der Waals surface area (Å²) >= 11 is 0. The van der Waals surface area contributed by atoms with Crippen LogP contribution in [-0.4, -0.2) is 41.5 Å². The van der Waals surface area contributed by atoms with Gasteiger partial charge in [-0.25, -0.2) is 0 Å². The molecule has 0 radical (unpaired) electrons. The molecule has 2 rings (SSSR count). The first kappa shape index (κ1) is 15.0. The highest BCUT2D eigenvalue weighted by Crippen LogP contribution is 2.38. The predicted octanol–water partition coefficient (Wildman–Crippen LogP) is 2.62. The van der Waals surface area contributed by atoms with E-state index >= 15 is 0 Å². The average Bonchev–Trinajstić information content (AvgIpc) is 2.78. The number of likely N-dealkylation sites (tertiary alicyclic amines) is 1. The lowest BCUT2D eigenvalue weighted by Gasteiger charge is -2.37. The van der Waals surface area contributed by atoms with Gasteiger partial charge in [-0.15, -0.1) is 0 Å². The fraction of sp³-hybridized carbons (Fsp3) is 0.938. The molecule has 0 aromatic rings. The molecule has 0 aromatic carbocycles. The van der Waals surface area contributed by atoms with Crippen molar-refractivity contribution >= 4 is 5.78 Å². The van der Waals surface area contributed by atoms with Crippen molar-refractivity contribution in [3.05, 3.63) is 0 Å². The van der Waals surface area contributed by atoms with Crippen LogP contribution < -0.4 is 0 Å². The maximum atomic E-state index is 12.1. The van der Waals surface area contributed by atoms with Crippen LogP contribution in [0.2, 0.25) is 0 Å². The number of ketones is 1. The average molecular weight is 267 g/mol. The Morgan fingerprint density at radius 2 is 2.21 bits per heavy atom. The van der Waals surface area contributed by atoms with Crippen LogP contribution >= 0.6 is 0 Å². The Balaban J connectivity index is 1.89. The number of carbonyl (C=O) groups is 1. The van der Waals surface area contributed by atoms with Crippen LogP contribution in [0.15, 0.2) is 0 Å². The van der Waals surface area contributed by atoms with E-state index in [1.165, 1.54) is 12.8 Å². The minimum atomic E-state index is 0.249. The molecule has 0 bridgehead atoms. The molecular weight excluding hydrogens is 238 g/mol. The molecule has 0 spiro atoms. The summed E-state index contributed by atoms with van der Waals surface area (Å²) in [6.07, 6.45) is 7.34. The number of rotatable bonds is 5. The molecule has 1 saturated heterocycles. The van der Waals surface area contributed by atoms with E-state index in [1.807, 2.05) is 0 Å². The molecule has 3 nitrogen and oxygen atoms in total. The highest BCUT2D eigenvalue weighted by Gasteiger charge is 2.36. The van der Waals surface area contributed by atoms with Crippen LogP contribution in [0.4, 0.5) is 0 Å². The van der Waals surface area contributed by atoms with Crippen molar-refractivity contribution < 1.29 is 9.90 Å². The predicted molar refractivity (Wildman–Crippen MR) is 77.0 cm³/mol. The Morgan fingerprint density at radius 1 is 1.42 bits per heavy atom. The van der Waals surface area contributed by atoms with Crippen molar-refractivity contribution in [3.63, 3.8) is 0 Å². The van der Waals surface area contributed by atoms with Crippen LogP contribution in [-0.2, 0) is 4.79 Å². The number of aliphatic hydroxyl groups excluding tert-OH is 1. The summed E-state index contributed by atoms with van der Waals surface area (Å²) in [5.74, 6) is 0.727. The van der Waals surface area contributed by atoms with Crippen LogP contribution in [0.1, 0.15) is 58.8 Å². The Hall–Kier alpha value is -0.410. The maximum absolute atomic E-state index is 12.1. The van der Waals surface area contributed by atoms with Gasteiger partial charge in [-0.3, -0.25) is 9.69 Å². The normalized spacial score (nSPS) is 31.8. The molecule has 2 atom stereocenters. The number of hydrogen-bond donors (Lipinski definition) is 1. The van der Waals surface area contributed by atoms with E-state index in [0.29, 0.717) is 23.8 Å². The van der Waals surface area contributed by atoms with E-state index in [9.17, 15) is 4.79 Å². The molecule has 1 heterocycles. The minimum absolute atomic E-state index is 0.249. The third-order valence-electron chi connectivity index (χ3n) is 4.95. The summed E-state index contributed by atoms with van der Waals surface area (Å²) < 4.78 is 0. The van der Waals surface area contributed by atoms with Gasteiger partial charge in [0.2, 0.25) is 0 Å². The van der Waals surface area contributed by atoms with E-state index in [0.717, 1.165) is 45.2 Å². The van der Waals surface area contributed by atoms with E-state index in [1.54, 1.807) is 0 Å². The molecular formula is C16H29NO2. The van der Waals surface area contributed by atoms with Crippen molar-refractivity contribution in [3.8, 4) is 0 Å². The first-order chi connectivity index (χ1) is 9.02. The SMILES string of the molecule is CC1(C)CCC(=O)C(CN2CCCC2CCCO)C1. The van der Waals surface area contributed by atoms with E-state index in [4.69, 9.17) is 5.11 Å². The van der Waals surface area contributed by atoms with Gasteiger partial charge >= 0.3 is 0 Å². The Bertz CT molecular complexity index is 314. The van der Waals surface area contributed by atoms with E-state index in [2.05, 4.69) is 18.7 Å². The van der Waals surface area contributed by atoms with Crippen LogP contribution in [0.25, 0.3) is 0 Å². The summed E-state index contributed by atoms with van der Waals surface area (Å²) in [6, 6.07) is 0.602. The smallest absolute Gasteiger partial charge is 0.137 e. The second kappa shape index (κ2) is 6.36. The highest BCUT2D eigenvalue weighted by atomic mass is 16.2. The standard InChI is InChI=1S/C16H29NO2/c1-16(2)8-7-15(19)13(11-16)12-17-9-3-5-14(17)6-4-10-18/h13-14,18H,3-12H2,1-2H3. The molecule has 2 aliphatic rings. The molecule has 2 unspecified atom stereocenters. The van der Waals surface area contributed by atoms with Gasteiger partial charge in [0, 0.05) is 31.5 Å². The topological polar surface area (TPSA) is 40.5 Å². The first-order valence-corrected chi connectivity index (χ1v) is 7.89. The van der Waals surface area contributed by atoms with Crippen LogP contribution in [0, 0.1) is 11.3 Å². The molecule has 0 amide bonds. The second-order valence-corrected chi connectivity index (χ2v) is 7.19. The summed E-state index contributed by atoms with van der Waals surface area (Å²) in [6.45, 7) is 6.97. The molecule has 19 heavy (non-hydrogen) atoms. The quantitative estimate of drug-likeness (QED) is 0.832. The van der Waals surface area contributed by atoms with Gasteiger partial charge in [-0.2, -0.15) is 0 Å². The molecule has 1 N–H and O–H groups in total. The van der Waals surface area contributed by atoms with Crippen molar-refractivity contribution in [1.82, 2.24) is 4.90 Å². The lowest BCUT2D eigenvalue weighted by molar-refractivity contribution is -0.127. The zero-order valence-corrected chi connectivity index (χ0v) is 12.5.